The molecular weight excluding hydrogens is 424 g/mol. The highest BCUT2D eigenvalue weighted by atomic mass is 127. The molecule has 0 atom stereocenters. The predicted octanol–water partition coefficient (Wildman–Crippen LogP) is 2.28. The quantitative estimate of drug-likeness (QED) is 0.569. The molecular formula is C9H9I2NO3. The fourth-order valence-electron chi connectivity index (χ4n) is 0.932. The van der Waals surface area contributed by atoms with Crippen molar-refractivity contribution in [3.05, 3.63) is 24.8 Å². The van der Waals surface area contributed by atoms with E-state index < -0.39 is 5.91 Å². The summed E-state index contributed by atoms with van der Waals surface area (Å²) in [4.78, 5) is 16.3. The molecule has 1 aromatic rings. The van der Waals surface area contributed by atoms with Crippen LogP contribution in [0.4, 0.5) is 0 Å². The fraction of sp³-hybridized carbons (Fsp3) is 0.222. The van der Waals surface area contributed by atoms with Crippen molar-refractivity contribution in [2.75, 3.05) is 6.61 Å². The van der Waals surface area contributed by atoms with Gasteiger partial charge in [-0.2, -0.15) is 0 Å². The molecule has 2 N–H and O–H groups in total. The van der Waals surface area contributed by atoms with E-state index in [-0.39, 0.29) is 11.3 Å². The van der Waals surface area contributed by atoms with E-state index in [2.05, 4.69) is 28.1 Å². The molecule has 0 radical (unpaired) electrons. The summed E-state index contributed by atoms with van der Waals surface area (Å²) >= 11 is 4.05. The number of nitrogens with one attached hydrogen (secondary N) is 1. The van der Waals surface area contributed by atoms with Crippen molar-refractivity contribution in [1.29, 1.82) is 0 Å². The molecule has 0 aliphatic rings. The van der Waals surface area contributed by atoms with E-state index in [0.717, 1.165) is 3.57 Å². The van der Waals surface area contributed by atoms with Crippen LogP contribution < -0.4 is 5.48 Å². The lowest BCUT2D eigenvalue weighted by Crippen LogP contribution is -2.23. The average Bonchev–Trinajstić information content (AvgIpc) is 2.19. The number of carbonyl (C=O) groups is 1. The first-order valence-corrected chi connectivity index (χ1v) is 6.32. The molecule has 0 saturated heterocycles. The van der Waals surface area contributed by atoms with Gasteiger partial charge in [-0.15, -0.1) is 0 Å². The summed E-state index contributed by atoms with van der Waals surface area (Å²) in [5.74, 6) is -0.459. The van der Waals surface area contributed by atoms with Crippen molar-refractivity contribution < 1.29 is 14.7 Å². The maximum absolute atomic E-state index is 11.5. The summed E-state index contributed by atoms with van der Waals surface area (Å²) in [5, 5.41) is 9.66. The van der Waals surface area contributed by atoms with E-state index >= 15 is 0 Å². The topological polar surface area (TPSA) is 58.6 Å². The van der Waals surface area contributed by atoms with Crippen LogP contribution in [0.15, 0.2) is 12.1 Å². The zero-order valence-corrected chi connectivity index (χ0v) is 12.2. The minimum absolute atomic E-state index is 0.0202. The van der Waals surface area contributed by atoms with E-state index in [1.165, 1.54) is 0 Å². The Hall–Kier alpha value is -0.0900. The molecule has 0 heterocycles. The van der Waals surface area contributed by atoms with Gasteiger partial charge in [-0.05, 0) is 64.2 Å². The number of rotatable bonds is 3. The average molecular weight is 433 g/mol. The van der Waals surface area contributed by atoms with Gasteiger partial charge >= 0.3 is 0 Å². The van der Waals surface area contributed by atoms with Crippen molar-refractivity contribution in [3.8, 4) is 5.75 Å². The lowest BCUT2D eigenvalue weighted by molar-refractivity contribution is 0.0362. The van der Waals surface area contributed by atoms with Gasteiger partial charge in [-0.1, -0.05) is 0 Å². The van der Waals surface area contributed by atoms with Crippen LogP contribution in [0.1, 0.15) is 17.3 Å². The Balaban J connectivity index is 2.98. The smallest absolute Gasteiger partial charge is 0.278 e. The minimum Gasteiger partial charge on any atom is -0.506 e. The van der Waals surface area contributed by atoms with Crippen LogP contribution in [-0.2, 0) is 4.84 Å². The van der Waals surface area contributed by atoms with Crippen LogP contribution in [-0.4, -0.2) is 17.6 Å². The SMILES string of the molecule is CCONC(=O)c1cc(I)cc(I)c1O. The van der Waals surface area contributed by atoms with Gasteiger partial charge in [0.15, 0.2) is 0 Å². The van der Waals surface area contributed by atoms with Gasteiger partial charge < -0.3 is 5.11 Å². The first-order chi connectivity index (χ1) is 7.06. The molecule has 0 aliphatic carbocycles. The lowest BCUT2D eigenvalue weighted by Gasteiger charge is -2.07. The Morgan fingerprint density at radius 3 is 2.80 bits per heavy atom. The molecule has 0 saturated carbocycles. The lowest BCUT2D eigenvalue weighted by atomic mass is 10.2. The van der Waals surface area contributed by atoms with E-state index in [1.807, 2.05) is 22.6 Å². The van der Waals surface area contributed by atoms with E-state index in [0.29, 0.717) is 10.2 Å². The van der Waals surface area contributed by atoms with E-state index in [1.54, 1.807) is 19.1 Å². The van der Waals surface area contributed by atoms with Crippen molar-refractivity contribution >= 4 is 51.1 Å². The number of amides is 1. The first kappa shape index (κ1) is 13.0. The third-order valence-corrected chi connectivity index (χ3v) is 3.03. The van der Waals surface area contributed by atoms with Crippen molar-refractivity contribution in [1.82, 2.24) is 5.48 Å². The van der Waals surface area contributed by atoms with Crippen LogP contribution in [0.3, 0.4) is 0 Å². The van der Waals surface area contributed by atoms with Crippen molar-refractivity contribution in [2.45, 2.75) is 6.92 Å². The number of carbonyl (C=O) groups excluding carboxylic acids is 1. The molecule has 4 nitrogen and oxygen atoms in total. The van der Waals surface area contributed by atoms with Crippen LogP contribution in [0.2, 0.25) is 0 Å². The summed E-state index contributed by atoms with van der Waals surface area (Å²) in [7, 11) is 0. The Morgan fingerprint density at radius 1 is 1.53 bits per heavy atom. The molecule has 1 rings (SSSR count). The standard InChI is InChI=1S/C9H9I2NO3/c1-2-15-12-9(14)6-3-5(10)4-7(11)8(6)13/h3-4,13H,2H2,1H3,(H,12,14). The Morgan fingerprint density at radius 2 is 2.20 bits per heavy atom. The number of benzene rings is 1. The molecule has 0 unspecified atom stereocenters. The molecule has 1 aromatic carbocycles. The van der Waals surface area contributed by atoms with E-state index in [4.69, 9.17) is 4.84 Å². The van der Waals surface area contributed by atoms with Gasteiger partial charge in [0.25, 0.3) is 5.91 Å². The number of aromatic hydroxyl groups is 1. The summed E-state index contributed by atoms with van der Waals surface area (Å²) < 4.78 is 1.53. The zero-order valence-electron chi connectivity index (χ0n) is 7.88. The molecule has 0 aliphatic heterocycles. The Kier molecular flexibility index (Phi) is 5.06. The Bertz CT molecular complexity index is 382. The van der Waals surface area contributed by atoms with Crippen LogP contribution in [0.25, 0.3) is 0 Å². The van der Waals surface area contributed by atoms with Gasteiger partial charge in [0.1, 0.15) is 5.75 Å². The molecule has 82 valence electrons. The number of hydroxylamine groups is 1. The van der Waals surface area contributed by atoms with Crippen molar-refractivity contribution in [3.63, 3.8) is 0 Å². The van der Waals surface area contributed by atoms with Crippen LogP contribution >= 0.6 is 45.2 Å². The summed E-state index contributed by atoms with van der Waals surface area (Å²) in [6.07, 6.45) is 0. The molecule has 15 heavy (non-hydrogen) atoms. The second-order valence-electron chi connectivity index (χ2n) is 2.65. The summed E-state index contributed by atoms with van der Waals surface area (Å²) in [6.45, 7) is 2.15. The number of hydrogen-bond donors (Lipinski definition) is 2. The number of hydrogen-bond acceptors (Lipinski definition) is 3. The zero-order chi connectivity index (χ0) is 11.4. The monoisotopic (exact) mass is 433 g/mol. The second-order valence-corrected chi connectivity index (χ2v) is 5.06. The molecule has 0 bridgehead atoms. The number of phenolic OH excluding ortho intramolecular Hbond substituents is 1. The van der Waals surface area contributed by atoms with Gasteiger partial charge in [0.05, 0.1) is 15.7 Å². The third-order valence-electron chi connectivity index (χ3n) is 1.58. The molecule has 6 heteroatoms. The van der Waals surface area contributed by atoms with Crippen molar-refractivity contribution in [2.24, 2.45) is 0 Å². The molecule has 0 fully saturated rings. The highest BCUT2D eigenvalue weighted by molar-refractivity contribution is 14.1. The van der Waals surface area contributed by atoms with E-state index in [9.17, 15) is 9.90 Å². The maximum atomic E-state index is 11.5. The normalized spacial score (nSPS) is 10.1. The molecule has 0 aromatic heterocycles. The molecule has 1 amide bonds. The summed E-state index contributed by atoms with van der Waals surface area (Å²) in [6, 6.07) is 3.39. The highest BCUT2D eigenvalue weighted by Gasteiger charge is 2.14. The Labute approximate surface area is 115 Å². The largest absolute Gasteiger partial charge is 0.506 e. The molecule has 0 spiro atoms. The maximum Gasteiger partial charge on any atom is 0.278 e. The van der Waals surface area contributed by atoms with Crippen LogP contribution in [0, 0.1) is 7.14 Å². The van der Waals surface area contributed by atoms with Crippen LogP contribution in [0.5, 0.6) is 5.75 Å². The number of phenols is 1. The number of halogens is 2. The minimum atomic E-state index is -0.439. The first-order valence-electron chi connectivity index (χ1n) is 4.16. The highest BCUT2D eigenvalue weighted by Crippen LogP contribution is 2.26. The second kappa shape index (κ2) is 5.85. The predicted molar refractivity (Wildman–Crippen MR) is 72.6 cm³/mol. The fourth-order valence-corrected chi connectivity index (χ4v) is 2.78. The third kappa shape index (κ3) is 3.45. The van der Waals surface area contributed by atoms with Gasteiger partial charge in [-0.25, -0.2) is 5.48 Å². The van der Waals surface area contributed by atoms with Gasteiger partial charge in [0, 0.05) is 3.57 Å². The summed E-state index contributed by atoms with van der Waals surface area (Å²) in [5.41, 5.74) is 2.46. The van der Waals surface area contributed by atoms with Gasteiger partial charge in [0.2, 0.25) is 0 Å². The van der Waals surface area contributed by atoms with Gasteiger partial charge in [-0.3, -0.25) is 9.63 Å².